The molecule has 0 fully saturated rings. The highest BCUT2D eigenvalue weighted by Gasteiger charge is 2.17. The highest BCUT2D eigenvalue weighted by atomic mass is 32.1. The zero-order valence-electron chi connectivity index (χ0n) is 11.5. The fraction of sp³-hybridized carbons (Fsp3) is 0.692. The van der Waals surface area contributed by atoms with Gasteiger partial charge < -0.3 is 11.1 Å². The van der Waals surface area contributed by atoms with Gasteiger partial charge >= 0.3 is 0 Å². The molecular formula is C13H23N3OS. The molecule has 1 aromatic rings. The standard InChI is InChI=1S/C13H23N3OS/c1-13(2,3)12-16-10(9-18-12)8-15-7-5-4-6-11(14)17/h9,15H,4-8H2,1-3H3,(H2,14,17). The monoisotopic (exact) mass is 269 g/mol. The van der Waals surface area contributed by atoms with Gasteiger partial charge in [0.2, 0.25) is 5.91 Å². The maximum Gasteiger partial charge on any atom is 0.217 e. The molecule has 3 N–H and O–H groups in total. The molecule has 4 nitrogen and oxygen atoms in total. The zero-order chi connectivity index (χ0) is 13.6. The number of carbonyl (C=O) groups is 1. The lowest BCUT2D eigenvalue weighted by molar-refractivity contribution is -0.118. The van der Waals surface area contributed by atoms with Gasteiger partial charge in [-0.2, -0.15) is 0 Å². The van der Waals surface area contributed by atoms with Gasteiger partial charge in [-0.3, -0.25) is 4.79 Å². The van der Waals surface area contributed by atoms with Crippen molar-refractivity contribution in [1.29, 1.82) is 0 Å². The minimum Gasteiger partial charge on any atom is -0.370 e. The molecule has 0 saturated heterocycles. The van der Waals surface area contributed by atoms with Gasteiger partial charge in [-0.15, -0.1) is 11.3 Å². The zero-order valence-corrected chi connectivity index (χ0v) is 12.3. The molecule has 0 aliphatic rings. The van der Waals surface area contributed by atoms with E-state index in [1.165, 1.54) is 5.01 Å². The van der Waals surface area contributed by atoms with E-state index in [1.807, 2.05) is 0 Å². The van der Waals surface area contributed by atoms with E-state index in [0.717, 1.165) is 31.6 Å². The Morgan fingerprint density at radius 1 is 1.44 bits per heavy atom. The van der Waals surface area contributed by atoms with Crippen molar-refractivity contribution in [2.24, 2.45) is 5.73 Å². The van der Waals surface area contributed by atoms with Crippen LogP contribution in [0.1, 0.15) is 50.7 Å². The molecule has 102 valence electrons. The van der Waals surface area contributed by atoms with Crippen molar-refractivity contribution in [1.82, 2.24) is 10.3 Å². The summed E-state index contributed by atoms with van der Waals surface area (Å²) in [6.45, 7) is 8.21. The summed E-state index contributed by atoms with van der Waals surface area (Å²) in [5, 5.41) is 6.61. The smallest absolute Gasteiger partial charge is 0.217 e. The van der Waals surface area contributed by atoms with Crippen molar-refractivity contribution >= 4 is 17.2 Å². The van der Waals surface area contributed by atoms with Crippen molar-refractivity contribution in [3.05, 3.63) is 16.1 Å². The molecule has 0 atom stereocenters. The quantitative estimate of drug-likeness (QED) is 0.746. The number of hydrogen-bond donors (Lipinski definition) is 2. The maximum atomic E-state index is 10.5. The fourth-order valence-electron chi connectivity index (χ4n) is 1.50. The molecule has 18 heavy (non-hydrogen) atoms. The number of carbonyl (C=O) groups excluding carboxylic acids is 1. The number of aromatic nitrogens is 1. The lowest BCUT2D eigenvalue weighted by atomic mass is 9.98. The molecule has 0 saturated carbocycles. The van der Waals surface area contributed by atoms with Gasteiger partial charge in [0.15, 0.2) is 0 Å². The molecule has 1 aromatic heterocycles. The van der Waals surface area contributed by atoms with Gasteiger partial charge in [-0.1, -0.05) is 20.8 Å². The van der Waals surface area contributed by atoms with E-state index in [9.17, 15) is 4.79 Å². The minimum absolute atomic E-state index is 0.129. The first-order valence-corrected chi connectivity index (χ1v) is 7.21. The minimum atomic E-state index is -0.218. The largest absolute Gasteiger partial charge is 0.370 e. The number of amides is 1. The Balaban J connectivity index is 2.20. The van der Waals surface area contributed by atoms with Crippen LogP contribution in [0.5, 0.6) is 0 Å². The average Bonchev–Trinajstić information content (AvgIpc) is 2.71. The van der Waals surface area contributed by atoms with E-state index in [0.29, 0.717) is 6.42 Å². The van der Waals surface area contributed by atoms with E-state index < -0.39 is 0 Å². The Labute approximate surface area is 113 Å². The van der Waals surface area contributed by atoms with Crippen LogP contribution in [0.15, 0.2) is 5.38 Å². The van der Waals surface area contributed by atoms with Gasteiger partial charge in [0.05, 0.1) is 10.7 Å². The first-order chi connectivity index (χ1) is 8.39. The Kier molecular flexibility index (Phi) is 5.75. The second-order valence-electron chi connectivity index (χ2n) is 5.49. The first-order valence-electron chi connectivity index (χ1n) is 6.33. The van der Waals surface area contributed by atoms with Crippen molar-refractivity contribution in [3.63, 3.8) is 0 Å². The Bertz CT molecular complexity index is 382. The SMILES string of the molecule is CC(C)(C)c1nc(CNCCCCC(N)=O)cs1. The van der Waals surface area contributed by atoms with Crippen LogP contribution < -0.4 is 11.1 Å². The molecule has 5 heteroatoms. The van der Waals surface area contributed by atoms with Crippen LogP contribution in [-0.4, -0.2) is 17.4 Å². The lowest BCUT2D eigenvalue weighted by Crippen LogP contribution is -2.17. The van der Waals surface area contributed by atoms with Gasteiger partial charge in [0.1, 0.15) is 0 Å². The predicted octanol–water partition coefficient (Wildman–Crippen LogP) is 2.19. The van der Waals surface area contributed by atoms with E-state index >= 15 is 0 Å². The Hall–Kier alpha value is -0.940. The van der Waals surface area contributed by atoms with E-state index in [1.54, 1.807) is 11.3 Å². The maximum absolute atomic E-state index is 10.5. The number of thiazole rings is 1. The lowest BCUT2D eigenvalue weighted by Gasteiger charge is -2.13. The summed E-state index contributed by atoms with van der Waals surface area (Å²) in [5.41, 5.74) is 6.30. The number of hydrogen-bond acceptors (Lipinski definition) is 4. The summed E-state index contributed by atoms with van der Waals surface area (Å²) < 4.78 is 0. The van der Waals surface area contributed by atoms with Crippen molar-refractivity contribution in [2.45, 2.75) is 52.0 Å². The topological polar surface area (TPSA) is 68.0 Å². The molecule has 1 amide bonds. The third-order valence-corrected chi connectivity index (χ3v) is 3.84. The molecule has 0 spiro atoms. The number of primary amides is 1. The third kappa shape index (κ3) is 5.60. The van der Waals surface area contributed by atoms with E-state index in [-0.39, 0.29) is 11.3 Å². The van der Waals surface area contributed by atoms with Crippen molar-refractivity contribution in [2.75, 3.05) is 6.54 Å². The van der Waals surface area contributed by atoms with Gasteiger partial charge in [-0.25, -0.2) is 4.98 Å². The van der Waals surface area contributed by atoms with E-state index in [4.69, 9.17) is 5.73 Å². The number of nitrogens with zero attached hydrogens (tertiary/aromatic N) is 1. The van der Waals surface area contributed by atoms with Crippen LogP contribution in [0.2, 0.25) is 0 Å². The van der Waals surface area contributed by atoms with Gasteiger partial charge in [0, 0.05) is 23.8 Å². The first kappa shape index (κ1) is 15.1. The van der Waals surface area contributed by atoms with Crippen LogP contribution in [0.25, 0.3) is 0 Å². The second-order valence-corrected chi connectivity index (χ2v) is 6.35. The average molecular weight is 269 g/mol. The molecule has 1 heterocycles. The normalized spacial score (nSPS) is 11.7. The molecule has 0 aromatic carbocycles. The Morgan fingerprint density at radius 2 is 2.17 bits per heavy atom. The molecule has 0 unspecified atom stereocenters. The number of unbranched alkanes of at least 4 members (excludes halogenated alkanes) is 1. The van der Waals surface area contributed by atoms with Crippen LogP contribution in [-0.2, 0) is 16.8 Å². The summed E-state index contributed by atoms with van der Waals surface area (Å²) in [6.07, 6.45) is 2.30. The van der Waals surface area contributed by atoms with Crippen molar-refractivity contribution < 1.29 is 4.79 Å². The van der Waals surface area contributed by atoms with Gasteiger partial charge in [-0.05, 0) is 19.4 Å². The molecule has 0 aliphatic carbocycles. The summed E-state index contributed by atoms with van der Waals surface area (Å²) in [7, 11) is 0. The second kappa shape index (κ2) is 6.85. The summed E-state index contributed by atoms with van der Waals surface area (Å²) >= 11 is 1.72. The van der Waals surface area contributed by atoms with Crippen LogP contribution in [0.4, 0.5) is 0 Å². The predicted molar refractivity (Wildman–Crippen MR) is 75.6 cm³/mol. The molecular weight excluding hydrogens is 246 g/mol. The highest BCUT2D eigenvalue weighted by molar-refractivity contribution is 7.09. The van der Waals surface area contributed by atoms with E-state index in [2.05, 4.69) is 36.5 Å². The fourth-order valence-corrected chi connectivity index (χ4v) is 2.41. The summed E-state index contributed by atoms with van der Waals surface area (Å²) in [4.78, 5) is 15.2. The molecule has 0 bridgehead atoms. The van der Waals surface area contributed by atoms with Crippen LogP contribution in [0.3, 0.4) is 0 Å². The third-order valence-electron chi connectivity index (χ3n) is 2.53. The van der Waals surface area contributed by atoms with Crippen LogP contribution >= 0.6 is 11.3 Å². The Morgan fingerprint density at radius 3 is 2.72 bits per heavy atom. The number of rotatable bonds is 7. The molecule has 1 rings (SSSR count). The van der Waals surface area contributed by atoms with Gasteiger partial charge in [0.25, 0.3) is 0 Å². The van der Waals surface area contributed by atoms with Crippen LogP contribution in [0, 0.1) is 0 Å². The molecule has 0 aliphatic heterocycles. The summed E-state index contributed by atoms with van der Waals surface area (Å²) in [6, 6.07) is 0. The molecule has 0 radical (unpaired) electrons. The number of nitrogens with one attached hydrogen (secondary N) is 1. The van der Waals surface area contributed by atoms with Crippen molar-refractivity contribution in [3.8, 4) is 0 Å². The summed E-state index contributed by atoms with van der Waals surface area (Å²) in [5.74, 6) is -0.218. The number of nitrogens with two attached hydrogens (primary N) is 1. The highest BCUT2D eigenvalue weighted by Crippen LogP contribution is 2.25.